The largest absolute Gasteiger partial charge is 0.507 e. The fourth-order valence-corrected chi connectivity index (χ4v) is 4.24. The van der Waals surface area contributed by atoms with Gasteiger partial charge in [0.15, 0.2) is 11.5 Å². The number of ether oxygens (including phenoxy) is 2. The van der Waals surface area contributed by atoms with Crippen LogP contribution in [0, 0.1) is 5.92 Å². The van der Waals surface area contributed by atoms with Gasteiger partial charge in [0.25, 0.3) is 0 Å². The van der Waals surface area contributed by atoms with E-state index in [2.05, 4.69) is 4.90 Å². The predicted octanol–water partition coefficient (Wildman–Crippen LogP) is 3.28. The maximum atomic E-state index is 10.2. The standard InChI is InChI=1S/C17H23NO3/c19-15-9-17-16(20-11-21-17)8-13(15)10-18-7-3-6-14(18)12-4-1-2-5-12/h8-9,12,14,19H,1-7,10-11H2. The van der Waals surface area contributed by atoms with Crippen molar-refractivity contribution in [2.24, 2.45) is 5.92 Å². The van der Waals surface area contributed by atoms with E-state index < -0.39 is 0 Å². The van der Waals surface area contributed by atoms with Crippen molar-refractivity contribution < 1.29 is 14.6 Å². The first-order valence-electron chi connectivity index (χ1n) is 8.17. The van der Waals surface area contributed by atoms with E-state index >= 15 is 0 Å². The van der Waals surface area contributed by atoms with Crippen LogP contribution in [-0.2, 0) is 6.54 Å². The van der Waals surface area contributed by atoms with E-state index in [0.717, 1.165) is 30.3 Å². The van der Waals surface area contributed by atoms with Gasteiger partial charge in [0.05, 0.1) is 0 Å². The van der Waals surface area contributed by atoms with Crippen LogP contribution >= 0.6 is 0 Å². The number of aromatic hydroxyl groups is 1. The number of rotatable bonds is 3. The molecule has 3 aliphatic rings. The molecule has 0 spiro atoms. The van der Waals surface area contributed by atoms with Gasteiger partial charge >= 0.3 is 0 Å². The molecule has 1 aromatic rings. The minimum Gasteiger partial charge on any atom is -0.507 e. The van der Waals surface area contributed by atoms with Gasteiger partial charge in [0, 0.05) is 24.2 Å². The van der Waals surface area contributed by atoms with Crippen LogP contribution in [0.4, 0.5) is 0 Å². The van der Waals surface area contributed by atoms with Gasteiger partial charge in [0.2, 0.25) is 6.79 Å². The summed E-state index contributed by atoms with van der Waals surface area (Å²) in [6, 6.07) is 4.34. The van der Waals surface area contributed by atoms with Crippen LogP contribution in [0.25, 0.3) is 0 Å². The minimum absolute atomic E-state index is 0.257. The van der Waals surface area contributed by atoms with Crippen molar-refractivity contribution in [2.45, 2.75) is 51.1 Å². The smallest absolute Gasteiger partial charge is 0.231 e. The predicted molar refractivity (Wildman–Crippen MR) is 79.6 cm³/mol. The molecule has 2 heterocycles. The molecule has 0 bridgehead atoms. The fourth-order valence-electron chi connectivity index (χ4n) is 4.24. The number of fused-ring (bicyclic) bond motifs is 1. The molecule has 114 valence electrons. The van der Waals surface area contributed by atoms with Crippen molar-refractivity contribution in [3.63, 3.8) is 0 Å². The Bertz CT molecular complexity index is 525. The van der Waals surface area contributed by atoms with Gasteiger partial charge in [-0.1, -0.05) is 12.8 Å². The molecule has 4 rings (SSSR count). The zero-order valence-corrected chi connectivity index (χ0v) is 12.4. The molecule has 4 heteroatoms. The van der Waals surface area contributed by atoms with Gasteiger partial charge in [-0.2, -0.15) is 0 Å². The summed E-state index contributed by atoms with van der Waals surface area (Å²) in [4.78, 5) is 2.56. The quantitative estimate of drug-likeness (QED) is 0.927. The van der Waals surface area contributed by atoms with E-state index in [1.807, 2.05) is 6.07 Å². The maximum Gasteiger partial charge on any atom is 0.231 e. The highest BCUT2D eigenvalue weighted by Gasteiger charge is 2.33. The van der Waals surface area contributed by atoms with E-state index in [9.17, 15) is 5.11 Å². The van der Waals surface area contributed by atoms with Gasteiger partial charge in [0.1, 0.15) is 5.75 Å². The Hall–Kier alpha value is -1.42. The van der Waals surface area contributed by atoms with E-state index in [1.54, 1.807) is 6.07 Å². The summed E-state index contributed by atoms with van der Waals surface area (Å²) in [5.74, 6) is 2.62. The van der Waals surface area contributed by atoms with Gasteiger partial charge in [-0.3, -0.25) is 4.90 Å². The SMILES string of the molecule is Oc1cc2c(cc1CN1CCCC1C1CCCC1)OCO2. The van der Waals surface area contributed by atoms with Gasteiger partial charge in [-0.05, 0) is 44.2 Å². The molecule has 1 aliphatic carbocycles. The number of likely N-dealkylation sites (tertiary alicyclic amines) is 1. The molecular formula is C17H23NO3. The Morgan fingerprint density at radius 3 is 2.62 bits per heavy atom. The number of benzene rings is 1. The number of phenols is 1. The summed E-state index contributed by atoms with van der Waals surface area (Å²) >= 11 is 0. The molecule has 21 heavy (non-hydrogen) atoms. The van der Waals surface area contributed by atoms with Crippen LogP contribution in [0.15, 0.2) is 12.1 Å². The lowest BCUT2D eigenvalue weighted by atomic mass is 9.95. The average Bonchev–Trinajstić information content (AvgIpc) is 3.18. The van der Waals surface area contributed by atoms with Crippen LogP contribution in [0.5, 0.6) is 17.2 Å². The van der Waals surface area contributed by atoms with E-state index in [1.165, 1.54) is 38.5 Å². The molecule has 1 saturated heterocycles. The van der Waals surface area contributed by atoms with E-state index in [4.69, 9.17) is 9.47 Å². The Morgan fingerprint density at radius 2 is 1.81 bits per heavy atom. The third-order valence-electron chi connectivity index (χ3n) is 5.31. The van der Waals surface area contributed by atoms with Crippen molar-refractivity contribution in [2.75, 3.05) is 13.3 Å². The summed E-state index contributed by atoms with van der Waals surface area (Å²) in [5, 5.41) is 10.2. The molecule has 0 radical (unpaired) electrons. The molecule has 1 aromatic carbocycles. The zero-order valence-electron chi connectivity index (χ0n) is 12.4. The topological polar surface area (TPSA) is 41.9 Å². The van der Waals surface area contributed by atoms with Crippen LogP contribution < -0.4 is 9.47 Å². The summed E-state index contributed by atoms with van der Waals surface area (Å²) in [7, 11) is 0. The third kappa shape index (κ3) is 2.46. The number of hydrogen-bond donors (Lipinski definition) is 1. The van der Waals surface area contributed by atoms with Crippen LogP contribution in [0.1, 0.15) is 44.1 Å². The van der Waals surface area contributed by atoms with Crippen molar-refractivity contribution in [1.82, 2.24) is 4.90 Å². The van der Waals surface area contributed by atoms with Crippen molar-refractivity contribution >= 4 is 0 Å². The average molecular weight is 289 g/mol. The summed E-state index contributed by atoms with van der Waals surface area (Å²) in [6.45, 7) is 2.23. The Labute approximate surface area is 125 Å². The second-order valence-corrected chi connectivity index (χ2v) is 6.56. The lowest BCUT2D eigenvalue weighted by Gasteiger charge is -2.29. The molecule has 1 saturated carbocycles. The zero-order chi connectivity index (χ0) is 14.2. The molecule has 0 aromatic heterocycles. The maximum absolute atomic E-state index is 10.2. The van der Waals surface area contributed by atoms with Crippen molar-refractivity contribution in [1.29, 1.82) is 0 Å². The highest BCUT2D eigenvalue weighted by atomic mass is 16.7. The first-order chi connectivity index (χ1) is 10.3. The molecule has 4 nitrogen and oxygen atoms in total. The number of nitrogens with zero attached hydrogens (tertiary/aromatic N) is 1. The van der Waals surface area contributed by atoms with Gasteiger partial charge in [-0.25, -0.2) is 0 Å². The van der Waals surface area contributed by atoms with Crippen molar-refractivity contribution in [3.8, 4) is 17.2 Å². The highest BCUT2D eigenvalue weighted by Crippen LogP contribution is 2.40. The lowest BCUT2D eigenvalue weighted by Crippen LogP contribution is -2.34. The second-order valence-electron chi connectivity index (χ2n) is 6.56. The Balaban J connectivity index is 1.52. The van der Waals surface area contributed by atoms with Crippen molar-refractivity contribution in [3.05, 3.63) is 17.7 Å². The second kappa shape index (κ2) is 5.41. The summed E-state index contributed by atoms with van der Waals surface area (Å²) < 4.78 is 10.7. The minimum atomic E-state index is 0.257. The van der Waals surface area contributed by atoms with Crippen LogP contribution in [0.2, 0.25) is 0 Å². The Morgan fingerprint density at radius 1 is 1.05 bits per heavy atom. The fraction of sp³-hybridized carbons (Fsp3) is 0.647. The van der Waals surface area contributed by atoms with Gasteiger partial charge < -0.3 is 14.6 Å². The Kier molecular flexibility index (Phi) is 3.42. The molecular weight excluding hydrogens is 266 g/mol. The summed E-state index contributed by atoms with van der Waals surface area (Å²) in [6.07, 6.45) is 8.15. The molecule has 1 unspecified atom stereocenters. The lowest BCUT2D eigenvalue weighted by molar-refractivity contribution is 0.173. The van der Waals surface area contributed by atoms with Crippen LogP contribution in [-0.4, -0.2) is 29.4 Å². The number of phenolic OH excluding ortho intramolecular Hbond substituents is 1. The van der Waals surface area contributed by atoms with E-state index in [0.29, 0.717) is 17.5 Å². The van der Waals surface area contributed by atoms with Gasteiger partial charge in [-0.15, -0.1) is 0 Å². The molecule has 2 fully saturated rings. The highest BCUT2D eigenvalue weighted by molar-refractivity contribution is 5.51. The molecule has 1 atom stereocenters. The normalized spacial score (nSPS) is 25.8. The third-order valence-corrected chi connectivity index (χ3v) is 5.31. The summed E-state index contributed by atoms with van der Waals surface area (Å²) in [5.41, 5.74) is 0.962. The van der Waals surface area contributed by atoms with E-state index in [-0.39, 0.29) is 6.79 Å². The molecule has 0 amide bonds. The monoisotopic (exact) mass is 289 g/mol. The number of hydrogen-bond acceptors (Lipinski definition) is 4. The molecule has 2 aliphatic heterocycles. The first kappa shape index (κ1) is 13.3. The van der Waals surface area contributed by atoms with Crippen LogP contribution in [0.3, 0.4) is 0 Å². The first-order valence-corrected chi connectivity index (χ1v) is 8.17. The molecule has 1 N–H and O–H groups in total.